The minimum atomic E-state index is -0.547. The standard InChI is InChI=1S/C14H10FN3O3/c15-12-5-1-10(2-6-12)9-16-17-14(19)11-3-7-13(8-4-11)18(20)21/h1-9H,(H,17,19). The Kier molecular flexibility index (Phi) is 4.35. The lowest BCUT2D eigenvalue weighted by Gasteiger charge is -1.99. The van der Waals surface area contributed by atoms with Crippen LogP contribution >= 0.6 is 0 Å². The van der Waals surface area contributed by atoms with E-state index in [1.165, 1.54) is 54.7 Å². The van der Waals surface area contributed by atoms with Gasteiger partial charge < -0.3 is 0 Å². The highest BCUT2D eigenvalue weighted by atomic mass is 19.1. The molecule has 0 unspecified atom stereocenters. The van der Waals surface area contributed by atoms with Gasteiger partial charge in [-0.3, -0.25) is 14.9 Å². The maximum Gasteiger partial charge on any atom is 0.271 e. The van der Waals surface area contributed by atoms with Gasteiger partial charge in [-0.05, 0) is 29.8 Å². The van der Waals surface area contributed by atoms with Gasteiger partial charge in [-0.2, -0.15) is 5.10 Å². The number of rotatable bonds is 4. The highest BCUT2D eigenvalue weighted by Gasteiger charge is 2.08. The second-order valence-corrected chi connectivity index (χ2v) is 4.05. The zero-order valence-corrected chi connectivity index (χ0v) is 10.7. The molecule has 0 atom stereocenters. The van der Waals surface area contributed by atoms with Crippen molar-refractivity contribution in [2.75, 3.05) is 0 Å². The summed E-state index contributed by atoms with van der Waals surface area (Å²) in [6.45, 7) is 0. The van der Waals surface area contributed by atoms with E-state index >= 15 is 0 Å². The summed E-state index contributed by atoms with van der Waals surface area (Å²) in [7, 11) is 0. The van der Waals surface area contributed by atoms with Gasteiger partial charge in [0.15, 0.2) is 0 Å². The lowest BCUT2D eigenvalue weighted by Crippen LogP contribution is -2.17. The maximum atomic E-state index is 12.7. The average molecular weight is 287 g/mol. The number of halogens is 1. The Hall–Kier alpha value is -3.09. The van der Waals surface area contributed by atoms with Crippen molar-refractivity contribution in [3.8, 4) is 0 Å². The third kappa shape index (κ3) is 3.93. The van der Waals surface area contributed by atoms with E-state index in [2.05, 4.69) is 10.5 Å². The van der Waals surface area contributed by atoms with Gasteiger partial charge in [0.05, 0.1) is 11.1 Å². The molecule has 0 radical (unpaired) electrons. The lowest BCUT2D eigenvalue weighted by atomic mass is 10.2. The number of hydrazone groups is 1. The quantitative estimate of drug-likeness (QED) is 0.532. The SMILES string of the molecule is O=C(NN=Cc1ccc(F)cc1)c1ccc([N+](=O)[O-])cc1. The minimum absolute atomic E-state index is 0.0960. The van der Waals surface area contributed by atoms with Crippen molar-refractivity contribution in [3.63, 3.8) is 0 Å². The molecule has 0 aliphatic heterocycles. The van der Waals surface area contributed by atoms with Crippen molar-refractivity contribution in [1.82, 2.24) is 5.43 Å². The molecule has 7 heteroatoms. The topological polar surface area (TPSA) is 84.6 Å². The van der Waals surface area contributed by atoms with Crippen LogP contribution in [0.2, 0.25) is 0 Å². The molecule has 0 bridgehead atoms. The van der Waals surface area contributed by atoms with Gasteiger partial charge in [0.2, 0.25) is 0 Å². The predicted molar refractivity (Wildman–Crippen MR) is 74.6 cm³/mol. The van der Waals surface area contributed by atoms with Crippen LogP contribution in [0, 0.1) is 15.9 Å². The van der Waals surface area contributed by atoms with Crippen LogP contribution in [0.25, 0.3) is 0 Å². The molecular weight excluding hydrogens is 277 g/mol. The lowest BCUT2D eigenvalue weighted by molar-refractivity contribution is -0.384. The van der Waals surface area contributed by atoms with E-state index in [4.69, 9.17) is 0 Å². The Labute approximate surface area is 119 Å². The van der Waals surface area contributed by atoms with Gasteiger partial charge in [-0.15, -0.1) is 0 Å². The molecule has 0 saturated heterocycles. The zero-order valence-electron chi connectivity index (χ0n) is 10.7. The molecule has 2 aromatic rings. The summed E-state index contributed by atoms with van der Waals surface area (Å²) in [5.41, 5.74) is 3.05. The molecule has 0 aliphatic rings. The summed E-state index contributed by atoms with van der Waals surface area (Å²) in [4.78, 5) is 21.7. The van der Waals surface area contributed by atoms with Gasteiger partial charge in [0.25, 0.3) is 11.6 Å². The van der Waals surface area contributed by atoms with Crippen molar-refractivity contribution in [2.45, 2.75) is 0 Å². The highest BCUT2D eigenvalue weighted by Crippen LogP contribution is 2.11. The number of carbonyl (C=O) groups is 1. The zero-order chi connectivity index (χ0) is 15.2. The number of hydrogen-bond donors (Lipinski definition) is 1. The number of non-ortho nitro benzene ring substituents is 1. The molecule has 0 aromatic heterocycles. The Balaban J connectivity index is 1.98. The summed E-state index contributed by atoms with van der Waals surface area (Å²) in [6.07, 6.45) is 1.36. The van der Waals surface area contributed by atoms with Crippen LogP contribution in [-0.4, -0.2) is 17.0 Å². The van der Waals surface area contributed by atoms with Crippen LogP contribution in [0.3, 0.4) is 0 Å². The Morgan fingerprint density at radius 1 is 1.14 bits per heavy atom. The molecule has 21 heavy (non-hydrogen) atoms. The number of nitrogens with zero attached hydrogens (tertiary/aromatic N) is 2. The molecular formula is C14H10FN3O3. The molecule has 1 N–H and O–H groups in total. The average Bonchev–Trinajstić information content (AvgIpc) is 2.49. The Bertz CT molecular complexity index is 682. The van der Waals surface area contributed by atoms with Crippen molar-refractivity contribution < 1.29 is 14.1 Å². The fourth-order valence-electron chi connectivity index (χ4n) is 1.51. The number of nitro groups is 1. The summed E-state index contributed by atoms with van der Waals surface area (Å²) in [5.74, 6) is -0.856. The van der Waals surface area contributed by atoms with E-state index in [1.807, 2.05) is 0 Å². The van der Waals surface area contributed by atoms with Crippen LogP contribution in [0.1, 0.15) is 15.9 Å². The number of hydrogen-bond acceptors (Lipinski definition) is 4. The number of nitro benzene ring substituents is 1. The third-order valence-corrected chi connectivity index (χ3v) is 2.59. The van der Waals surface area contributed by atoms with E-state index in [9.17, 15) is 19.3 Å². The Morgan fingerprint density at radius 3 is 2.33 bits per heavy atom. The summed E-state index contributed by atoms with van der Waals surface area (Å²) >= 11 is 0. The minimum Gasteiger partial charge on any atom is -0.267 e. The van der Waals surface area contributed by atoms with Crippen LogP contribution in [0.15, 0.2) is 53.6 Å². The van der Waals surface area contributed by atoms with Crippen LogP contribution in [0.5, 0.6) is 0 Å². The smallest absolute Gasteiger partial charge is 0.267 e. The first-order valence-electron chi connectivity index (χ1n) is 5.90. The van der Waals surface area contributed by atoms with Crippen LogP contribution in [-0.2, 0) is 0 Å². The number of carbonyl (C=O) groups excluding carboxylic acids is 1. The monoisotopic (exact) mass is 287 g/mol. The number of amides is 1. The van der Waals surface area contributed by atoms with Crippen molar-refractivity contribution >= 4 is 17.8 Å². The van der Waals surface area contributed by atoms with Crippen molar-refractivity contribution in [2.24, 2.45) is 5.10 Å². The molecule has 0 aliphatic carbocycles. The fourth-order valence-corrected chi connectivity index (χ4v) is 1.51. The van der Waals surface area contributed by atoms with E-state index in [0.29, 0.717) is 5.56 Å². The van der Waals surface area contributed by atoms with Gasteiger partial charge in [0.1, 0.15) is 5.82 Å². The first-order valence-corrected chi connectivity index (χ1v) is 5.90. The fraction of sp³-hybridized carbons (Fsp3) is 0. The first kappa shape index (κ1) is 14.3. The predicted octanol–water partition coefficient (Wildman–Crippen LogP) is 2.50. The molecule has 0 fully saturated rings. The Morgan fingerprint density at radius 2 is 1.76 bits per heavy atom. The van der Waals surface area contributed by atoms with Crippen molar-refractivity contribution in [1.29, 1.82) is 0 Å². The molecule has 6 nitrogen and oxygen atoms in total. The molecule has 2 aromatic carbocycles. The molecule has 0 spiro atoms. The normalized spacial score (nSPS) is 10.5. The van der Waals surface area contributed by atoms with E-state index in [1.54, 1.807) is 0 Å². The van der Waals surface area contributed by atoms with Gasteiger partial charge in [-0.25, -0.2) is 9.82 Å². The van der Waals surface area contributed by atoms with Crippen molar-refractivity contribution in [3.05, 3.63) is 75.6 Å². The second-order valence-electron chi connectivity index (χ2n) is 4.05. The highest BCUT2D eigenvalue weighted by molar-refractivity contribution is 5.95. The van der Waals surface area contributed by atoms with Crippen LogP contribution in [0.4, 0.5) is 10.1 Å². The number of nitrogens with one attached hydrogen (secondary N) is 1. The largest absolute Gasteiger partial charge is 0.271 e. The molecule has 2 rings (SSSR count). The summed E-state index contributed by atoms with van der Waals surface area (Å²) in [5, 5.41) is 14.2. The van der Waals surface area contributed by atoms with Gasteiger partial charge in [-0.1, -0.05) is 12.1 Å². The van der Waals surface area contributed by atoms with E-state index in [0.717, 1.165) is 0 Å². The van der Waals surface area contributed by atoms with Gasteiger partial charge >= 0.3 is 0 Å². The van der Waals surface area contributed by atoms with Gasteiger partial charge in [0, 0.05) is 17.7 Å². The molecule has 0 heterocycles. The van der Waals surface area contributed by atoms with Crippen LogP contribution < -0.4 is 5.43 Å². The van der Waals surface area contributed by atoms with E-state index < -0.39 is 10.8 Å². The summed E-state index contributed by atoms with van der Waals surface area (Å²) in [6, 6.07) is 10.7. The second kappa shape index (κ2) is 6.38. The number of benzene rings is 2. The molecule has 1 amide bonds. The summed E-state index contributed by atoms with van der Waals surface area (Å²) < 4.78 is 12.7. The molecule has 0 saturated carbocycles. The van der Waals surface area contributed by atoms with E-state index in [-0.39, 0.29) is 17.1 Å². The maximum absolute atomic E-state index is 12.7. The first-order chi connectivity index (χ1) is 10.1. The third-order valence-electron chi connectivity index (χ3n) is 2.59. The molecule has 106 valence electrons.